The van der Waals surface area contributed by atoms with Crippen LogP contribution in [0.4, 0.5) is 0 Å². The summed E-state index contributed by atoms with van der Waals surface area (Å²) in [6.07, 6.45) is 0. The van der Waals surface area contributed by atoms with Crippen molar-refractivity contribution in [3.8, 4) is 0 Å². The van der Waals surface area contributed by atoms with Crippen LogP contribution in [0.3, 0.4) is 0 Å². The van der Waals surface area contributed by atoms with Gasteiger partial charge in [0.1, 0.15) is 10.7 Å². The molecule has 6 nitrogen and oxygen atoms in total. The van der Waals surface area contributed by atoms with E-state index in [9.17, 15) is 4.79 Å². The molecule has 0 fully saturated rings. The van der Waals surface area contributed by atoms with Gasteiger partial charge in [0.05, 0.1) is 7.11 Å². The number of rotatable bonds is 3. The Bertz CT molecular complexity index is 587. The monoisotopic (exact) mass is 268 g/mol. The Hall–Kier alpha value is -1.47. The van der Waals surface area contributed by atoms with Crippen molar-refractivity contribution in [2.45, 2.75) is 26.7 Å². The van der Waals surface area contributed by atoms with Gasteiger partial charge in [-0.2, -0.15) is 0 Å². The lowest BCUT2D eigenvalue weighted by Gasteiger charge is -2.12. The van der Waals surface area contributed by atoms with Crippen molar-refractivity contribution in [2.24, 2.45) is 0 Å². The summed E-state index contributed by atoms with van der Waals surface area (Å²) < 4.78 is 1.94. The number of nitrogens with zero attached hydrogens (tertiary/aromatic N) is 4. The van der Waals surface area contributed by atoms with Crippen LogP contribution in [-0.4, -0.2) is 39.7 Å². The molecule has 0 saturated carbocycles. The second kappa shape index (κ2) is 4.66. The topological polar surface area (TPSA) is 59.7 Å². The molecule has 0 unspecified atom stereocenters. The SMILES string of the molecule is CON(C)C(=O)c1sc2nnc(C(C)C)n2c1C. The third-order valence-electron chi connectivity index (χ3n) is 2.79. The van der Waals surface area contributed by atoms with E-state index in [2.05, 4.69) is 24.0 Å². The Morgan fingerprint density at radius 2 is 2.11 bits per heavy atom. The third-order valence-corrected chi connectivity index (χ3v) is 3.91. The first-order valence-electron chi connectivity index (χ1n) is 5.64. The maximum atomic E-state index is 12.1. The van der Waals surface area contributed by atoms with Gasteiger partial charge in [0.25, 0.3) is 5.91 Å². The van der Waals surface area contributed by atoms with Crippen molar-refractivity contribution in [1.29, 1.82) is 0 Å². The van der Waals surface area contributed by atoms with Crippen LogP contribution in [0.2, 0.25) is 0 Å². The normalized spacial score (nSPS) is 11.4. The average Bonchev–Trinajstić information content (AvgIpc) is 2.88. The van der Waals surface area contributed by atoms with E-state index in [0.717, 1.165) is 16.5 Å². The number of hydrogen-bond donors (Lipinski definition) is 0. The van der Waals surface area contributed by atoms with Gasteiger partial charge in [0, 0.05) is 18.7 Å². The molecule has 0 radical (unpaired) electrons. The first-order valence-corrected chi connectivity index (χ1v) is 6.45. The number of aryl methyl sites for hydroxylation is 1. The standard InChI is InChI=1S/C11H16N4O2S/c1-6(2)9-12-13-11-15(9)7(3)8(18-11)10(16)14(4)17-5/h6H,1-5H3. The molecule has 0 spiro atoms. The Balaban J connectivity index is 2.55. The number of aromatic nitrogens is 3. The van der Waals surface area contributed by atoms with Crippen LogP contribution in [0.25, 0.3) is 4.96 Å². The zero-order chi connectivity index (χ0) is 13.4. The molecule has 0 aromatic carbocycles. The molecule has 0 saturated heterocycles. The van der Waals surface area contributed by atoms with Gasteiger partial charge in [-0.3, -0.25) is 14.0 Å². The van der Waals surface area contributed by atoms with Gasteiger partial charge in [0.2, 0.25) is 4.96 Å². The number of fused-ring (bicyclic) bond motifs is 1. The average molecular weight is 268 g/mol. The molecule has 0 aliphatic carbocycles. The minimum absolute atomic E-state index is 0.166. The summed E-state index contributed by atoms with van der Waals surface area (Å²) in [6, 6.07) is 0. The molecule has 2 rings (SSSR count). The molecule has 0 aliphatic rings. The molecular formula is C11H16N4O2S. The van der Waals surface area contributed by atoms with Crippen molar-refractivity contribution < 1.29 is 9.63 Å². The van der Waals surface area contributed by atoms with Crippen molar-refractivity contribution >= 4 is 22.2 Å². The van der Waals surface area contributed by atoms with Crippen molar-refractivity contribution in [3.63, 3.8) is 0 Å². The van der Waals surface area contributed by atoms with Gasteiger partial charge >= 0.3 is 0 Å². The van der Waals surface area contributed by atoms with Gasteiger partial charge in [-0.25, -0.2) is 5.06 Å². The molecule has 2 aromatic rings. The quantitative estimate of drug-likeness (QED) is 0.797. The van der Waals surface area contributed by atoms with E-state index in [1.54, 1.807) is 7.05 Å². The third kappa shape index (κ3) is 1.89. The van der Waals surface area contributed by atoms with E-state index >= 15 is 0 Å². The molecule has 7 heteroatoms. The molecular weight excluding hydrogens is 252 g/mol. The predicted molar refractivity (Wildman–Crippen MR) is 68.8 cm³/mol. The number of carbonyl (C=O) groups excluding carboxylic acids is 1. The number of hydrogen-bond acceptors (Lipinski definition) is 5. The highest BCUT2D eigenvalue weighted by Gasteiger charge is 2.23. The summed E-state index contributed by atoms with van der Waals surface area (Å²) in [5.41, 5.74) is 0.859. The number of thiazole rings is 1. The van der Waals surface area contributed by atoms with E-state index in [0.29, 0.717) is 4.88 Å². The summed E-state index contributed by atoms with van der Waals surface area (Å²) in [7, 11) is 3.05. The van der Waals surface area contributed by atoms with Crippen LogP contribution >= 0.6 is 11.3 Å². The fourth-order valence-electron chi connectivity index (χ4n) is 1.73. The molecule has 98 valence electrons. The Labute approximate surface area is 109 Å². The van der Waals surface area contributed by atoms with Gasteiger partial charge in [0.15, 0.2) is 0 Å². The summed E-state index contributed by atoms with van der Waals surface area (Å²) in [5.74, 6) is 0.967. The molecule has 2 heterocycles. The highest BCUT2D eigenvalue weighted by atomic mass is 32.1. The molecule has 2 aromatic heterocycles. The number of carbonyl (C=O) groups is 1. The Morgan fingerprint density at radius 3 is 2.67 bits per heavy atom. The van der Waals surface area contributed by atoms with Gasteiger partial charge in [-0.05, 0) is 6.92 Å². The lowest BCUT2D eigenvalue weighted by atomic mass is 10.2. The maximum absolute atomic E-state index is 12.1. The predicted octanol–water partition coefficient (Wildman–Crippen LogP) is 1.86. The van der Waals surface area contributed by atoms with Crippen LogP contribution < -0.4 is 0 Å². The molecule has 0 aliphatic heterocycles. The minimum Gasteiger partial charge on any atom is -0.274 e. The molecule has 0 bridgehead atoms. The number of hydroxylamine groups is 2. The van der Waals surface area contributed by atoms with Crippen LogP contribution in [0, 0.1) is 6.92 Å². The molecule has 1 amide bonds. The van der Waals surface area contributed by atoms with Crippen LogP contribution in [-0.2, 0) is 4.84 Å². The first-order chi connectivity index (χ1) is 8.47. The fourth-order valence-corrected chi connectivity index (χ4v) is 2.77. The summed E-state index contributed by atoms with van der Waals surface area (Å²) in [4.78, 5) is 18.4. The van der Waals surface area contributed by atoms with Crippen molar-refractivity contribution in [3.05, 3.63) is 16.4 Å². The highest BCUT2D eigenvalue weighted by Crippen LogP contribution is 2.26. The van der Waals surface area contributed by atoms with E-state index in [-0.39, 0.29) is 11.8 Å². The lowest BCUT2D eigenvalue weighted by Crippen LogP contribution is -2.25. The van der Waals surface area contributed by atoms with Crippen LogP contribution in [0.15, 0.2) is 0 Å². The highest BCUT2D eigenvalue weighted by molar-refractivity contribution is 7.19. The summed E-state index contributed by atoms with van der Waals surface area (Å²) >= 11 is 1.33. The molecule has 18 heavy (non-hydrogen) atoms. The molecule has 0 atom stereocenters. The Morgan fingerprint density at radius 1 is 1.44 bits per heavy atom. The van der Waals surface area contributed by atoms with E-state index in [1.165, 1.54) is 23.5 Å². The van der Waals surface area contributed by atoms with E-state index in [4.69, 9.17) is 4.84 Å². The number of amides is 1. The summed E-state index contributed by atoms with van der Waals surface area (Å²) in [6.45, 7) is 6.00. The minimum atomic E-state index is -0.166. The Kier molecular flexibility index (Phi) is 3.36. The lowest BCUT2D eigenvalue weighted by molar-refractivity contribution is -0.0754. The van der Waals surface area contributed by atoms with Gasteiger partial charge in [-0.15, -0.1) is 10.2 Å². The van der Waals surface area contributed by atoms with E-state index in [1.807, 2.05) is 11.3 Å². The zero-order valence-electron chi connectivity index (χ0n) is 11.1. The second-order valence-corrected chi connectivity index (χ2v) is 5.31. The van der Waals surface area contributed by atoms with Gasteiger partial charge < -0.3 is 0 Å². The van der Waals surface area contributed by atoms with Gasteiger partial charge in [-0.1, -0.05) is 25.2 Å². The van der Waals surface area contributed by atoms with Crippen LogP contribution in [0.5, 0.6) is 0 Å². The smallest absolute Gasteiger partial charge is 0.274 e. The van der Waals surface area contributed by atoms with Crippen molar-refractivity contribution in [1.82, 2.24) is 19.7 Å². The summed E-state index contributed by atoms with van der Waals surface area (Å²) in [5, 5.41) is 9.47. The van der Waals surface area contributed by atoms with Crippen LogP contribution in [0.1, 0.15) is 41.0 Å². The largest absolute Gasteiger partial charge is 0.289 e. The first kappa shape index (κ1) is 13.0. The second-order valence-electron chi connectivity index (χ2n) is 4.33. The molecule has 0 N–H and O–H groups in total. The fraction of sp³-hybridized carbons (Fsp3) is 0.545. The van der Waals surface area contributed by atoms with Crippen molar-refractivity contribution in [2.75, 3.05) is 14.2 Å². The zero-order valence-corrected chi connectivity index (χ0v) is 11.9. The maximum Gasteiger partial charge on any atom is 0.289 e. The van der Waals surface area contributed by atoms with E-state index < -0.39 is 0 Å².